The van der Waals surface area contributed by atoms with Crippen molar-refractivity contribution in [3.8, 4) is 23.0 Å². The highest BCUT2D eigenvalue weighted by Crippen LogP contribution is 2.47. The fourth-order valence-electron chi connectivity index (χ4n) is 6.08. The molecule has 1 aromatic heterocycles. The summed E-state index contributed by atoms with van der Waals surface area (Å²) in [5, 5.41) is 3.11. The van der Waals surface area contributed by atoms with Gasteiger partial charge in [0.15, 0.2) is 27.8 Å². The molecule has 1 heterocycles. The van der Waals surface area contributed by atoms with Crippen LogP contribution in [-0.2, 0) is 24.8 Å². The third-order valence-corrected chi connectivity index (χ3v) is 9.46. The van der Waals surface area contributed by atoms with E-state index in [1.165, 1.54) is 35.2 Å². The second-order valence-electron chi connectivity index (χ2n) is 10.6. The van der Waals surface area contributed by atoms with Crippen LogP contribution in [0.25, 0.3) is 0 Å². The van der Waals surface area contributed by atoms with Crippen LogP contribution in [-0.4, -0.2) is 39.6 Å². The van der Waals surface area contributed by atoms with E-state index in [9.17, 15) is 0 Å². The lowest BCUT2D eigenvalue weighted by atomic mass is 9.76. The number of aromatic nitrogens is 1. The third-order valence-electron chi connectivity index (χ3n) is 8.31. The Morgan fingerprint density at radius 3 is 1.90 bits per heavy atom. The fourth-order valence-corrected chi connectivity index (χ4v) is 7.26. The smallest absolute Gasteiger partial charge is 0.184 e. The molecule has 0 saturated heterocycles. The number of rotatable bonds is 12. The molecular formula is C34H39ClN2O4S. The first kappa shape index (κ1) is 30.1. The molecule has 8 heteroatoms. The van der Waals surface area contributed by atoms with E-state index < -0.39 is 0 Å². The van der Waals surface area contributed by atoms with E-state index in [0.29, 0.717) is 6.54 Å². The molecule has 3 aromatic carbocycles. The number of halogens is 1. The second-order valence-corrected chi connectivity index (χ2v) is 11.9. The van der Waals surface area contributed by atoms with Gasteiger partial charge in [0.25, 0.3) is 0 Å². The zero-order valence-electron chi connectivity index (χ0n) is 24.8. The van der Waals surface area contributed by atoms with Gasteiger partial charge >= 0.3 is 0 Å². The van der Waals surface area contributed by atoms with Crippen molar-refractivity contribution in [1.82, 2.24) is 4.57 Å². The third kappa shape index (κ3) is 6.32. The Kier molecular flexibility index (Phi) is 9.80. The minimum absolute atomic E-state index is 0.0458. The number of aryl methyl sites for hydroxylation is 1. The van der Waals surface area contributed by atoms with Crippen molar-refractivity contribution in [2.75, 3.05) is 35.0 Å². The van der Waals surface area contributed by atoms with Crippen LogP contribution in [0.3, 0.4) is 0 Å². The largest absolute Gasteiger partial charge is 0.493 e. The first-order valence-corrected chi connectivity index (χ1v) is 15.6. The molecular weight excluding hydrogens is 568 g/mol. The summed E-state index contributed by atoms with van der Waals surface area (Å²) in [5.74, 6) is 2.96. The number of hydrogen-bond acceptors (Lipinski definition) is 6. The maximum absolute atomic E-state index is 6.30. The Morgan fingerprint density at radius 2 is 1.33 bits per heavy atom. The predicted octanol–water partition coefficient (Wildman–Crippen LogP) is 7.48. The SMILES string of the molecule is COc1ccc(CC/N=c2/scc(C3(c4ccc(Cl)cc4)CCCC3)n2CCc2ccc(OC)c(OC)c2)cc1OC. The molecule has 6 nitrogen and oxygen atoms in total. The maximum atomic E-state index is 6.30. The number of hydrogen-bond donors (Lipinski definition) is 0. The Labute approximate surface area is 257 Å². The van der Waals surface area contributed by atoms with Gasteiger partial charge < -0.3 is 23.5 Å². The van der Waals surface area contributed by atoms with Crippen LogP contribution in [0.5, 0.6) is 23.0 Å². The summed E-state index contributed by atoms with van der Waals surface area (Å²) >= 11 is 8.04. The van der Waals surface area contributed by atoms with Gasteiger partial charge in [0.2, 0.25) is 0 Å². The Morgan fingerprint density at radius 1 is 0.762 bits per heavy atom. The van der Waals surface area contributed by atoms with Crippen LogP contribution in [0.1, 0.15) is 48.1 Å². The van der Waals surface area contributed by atoms with Crippen LogP contribution >= 0.6 is 22.9 Å². The lowest BCUT2D eigenvalue weighted by Gasteiger charge is -2.31. The predicted molar refractivity (Wildman–Crippen MR) is 170 cm³/mol. The van der Waals surface area contributed by atoms with Gasteiger partial charge in [-0.1, -0.05) is 48.7 Å². The number of thiazole rings is 1. The van der Waals surface area contributed by atoms with Gasteiger partial charge in [-0.3, -0.25) is 4.99 Å². The lowest BCUT2D eigenvalue weighted by Crippen LogP contribution is -2.31. The number of ether oxygens (including phenoxy) is 4. The normalized spacial score (nSPS) is 14.6. The summed E-state index contributed by atoms with van der Waals surface area (Å²) in [6.45, 7) is 1.50. The number of nitrogens with zero attached hydrogens (tertiary/aromatic N) is 2. The minimum atomic E-state index is -0.0458. The van der Waals surface area contributed by atoms with Crippen molar-refractivity contribution in [3.05, 3.63) is 98.3 Å². The van der Waals surface area contributed by atoms with Crippen molar-refractivity contribution >= 4 is 22.9 Å². The highest BCUT2D eigenvalue weighted by atomic mass is 35.5. The van der Waals surface area contributed by atoms with Gasteiger partial charge in [0.1, 0.15) is 0 Å². The summed E-state index contributed by atoms with van der Waals surface area (Å²) in [7, 11) is 6.67. The summed E-state index contributed by atoms with van der Waals surface area (Å²) in [6, 6.07) is 20.7. The average Bonchev–Trinajstić information content (AvgIpc) is 3.68. The van der Waals surface area contributed by atoms with Crippen molar-refractivity contribution < 1.29 is 18.9 Å². The number of methoxy groups -OCH3 is 4. The van der Waals surface area contributed by atoms with Crippen molar-refractivity contribution in [2.24, 2.45) is 4.99 Å². The molecule has 4 aromatic rings. The van der Waals surface area contributed by atoms with Crippen LogP contribution in [0.4, 0.5) is 0 Å². The molecule has 1 aliphatic rings. The Hall–Kier alpha value is -3.42. The minimum Gasteiger partial charge on any atom is -0.493 e. The van der Waals surface area contributed by atoms with E-state index >= 15 is 0 Å². The highest BCUT2D eigenvalue weighted by Gasteiger charge is 2.40. The van der Waals surface area contributed by atoms with Gasteiger partial charge in [0, 0.05) is 34.6 Å². The maximum Gasteiger partial charge on any atom is 0.184 e. The molecule has 0 spiro atoms. The summed E-state index contributed by atoms with van der Waals surface area (Å²) in [6.07, 6.45) is 6.31. The number of benzene rings is 3. The molecule has 0 N–H and O–H groups in total. The molecule has 0 amide bonds. The Balaban J connectivity index is 1.49. The first-order chi connectivity index (χ1) is 20.5. The quantitative estimate of drug-likeness (QED) is 0.168. The zero-order chi connectivity index (χ0) is 29.5. The van der Waals surface area contributed by atoms with Crippen LogP contribution < -0.4 is 23.7 Å². The monoisotopic (exact) mass is 606 g/mol. The van der Waals surface area contributed by atoms with Gasteiger partial charge in [-0.25, -0.2) is 0 Å². The van der Waals surface area contributed by atoms with Gasteiger partial charge in [-0.15, -0.1) is 11.3 Å². The van der Waals surface area contributed by atoms with Crippen molar-refractivity contribution in [1.29, 1.82) is 0 Å². The van der Waals surface area contributed by atoms with E-state index in [2.05, 4.69) is 40.3 Å². The molecule has 222 valence electrons. The summed E-state index contributed by atoms with van der Waals surface area (Å²) < 4.78 is 24.4. The first-order valence-electron chi connectivity index (χ1n) is 14.4. The molecule has 0 aliphatic heterocycles. The fraction of sp³-hybridized carbons (Fsp3) is 0.382. The van der Waals surface area contributed by atoms with Crippen LogP contribution in [0.15, 0.2) is 71.0 Å². The summed E-state index contributed by atoms with van der Waals surface area (Å²) in [4.78, 5) is 6.19. The zero-order valence-corrected chi connectivity index (χ0v) is 26.4. The molecule has 0 unspecified atom stereocenters. The van der Waals surface area contributed by atoms with Gasteiger partial charge in [-0.05, 0) is 78.8 Å². The van der Waals surface area contributed by atoms with E-state index in [-0.39, 0.29) is 5.41 Å². The topological polar surface area (TPSA) is 54.2 Å². The molecule has 1 saturated carbocycles. The van der Waals surface area contributed by atoms with E-state index in [4.69, 9.17) is 35.5 Å². The average molecular weight is 607 g/mol. The highest BCUT2D eigenvalue weighted by molar-refractivity contribution is 7.07. The standard InChI is InChI=1S/C34H39ClN2O4S/c1-38-28-13-7-24(21-30(28)40-3)15-19-36-33-37(20-16-25-8-14-29(39-2)31(22-25)41-4)32(23-42-33)34(17-5-6-18-34)26-9-11-27(35)12-10-26/h7-14,21-23H,5-6,15-20H2,1-4H3/b36-33+. The second kappa shape index (κ2) is 13.7. The molecule has 0 atom stereocenters. The molecule has 5 rings (SSSR count). The molecule has 42 heavy (non-hydrogen) atoms. The van der Waals surface area contributed by atoms with Gasteiger partial charge in [-0.2, -0.15) is 0 Å². The van der Waals surface area contributed by atoms with E-state index in [0.717, 1.165) is 65.1 Å². The molecule has 0 radical (unpaired) electrons. The summed E-state index contributed by atoms with van der Waals surface area (Å²) in [5.41, 5.74) is 4.99. The van der Waals surface area contributed by atoms with E-state index in [1.54, 1.807) is 39.8 Å². The molecule has 1 aliphatic carbocycles. The van der Waals surface area contributed by atoms with Gasteiger partial charge in [0.05, 0.1) is 28.4 Å². The van der Waals surface area contributed by atoms with E-state index in [1.807, 2.05) is 30.3 Å². The molecule has 1 fully saturated rings. The van der Waals surface area contributed by atoms with Crippen molar-refractivity contribution in [2.45, 2.75) is 50.5 Å². The lowest BCUT2D eigenvalue weighted by molar-refractivity contribution is 0.354. The van der Waals surface area contributed by atoms with Crippen LogP contribution in [0.2, 0.25) is 5.02 Å². The molecule has 0 bridgehead atoms. The Bertz CT molecular complexity index is 1550. The van der Waals surface area contributed by atoms with Crippen molar-refractivity contribution in [3.63, 3.8) is 0 Å². The van der Waals surface area contributed by atoms with Crippen LogP contribution in [0, 0.1) is 0 Å².